The Bertz CT molecular complexity index is 967. The van der Waals surface area contributed by atoms with Gasteiger partial charge < -0.3 is 29.9 Å². The van der Waals surface area contributed by atoms with Crippen LogP contribution in [-0.4, -0.2) is 77.6 Å². The Morgan fingerprint density at radius 1 is 1.10 bits per heavy atom. The van der Waals surface area contributed by atoms with E-state index in [9.17, 15) is 19.8 Å². The number of nitrogens with one attached hydrogen (secondary N) is 1. The fraction of sp³-hybridized carbons (Fsp3) is 0.688. The Balaban J connectivity index is 1.72. The SMILES string of the molecule is CCCCCCCCCCCC(=O)N(CC1CCCO1)C1CC(C(=O)NCCO)=CC(Oc2ccccc2I)C1O. The van der Waals surface area contributed by atoms with Crippen LogP contribution in [0.2, 0.25) is 0 Å². The van der Waals surface area contributed by atoms with Crippen LogP contribution in [0.4, 0.5) is 0 Å². The van der Waals surface area contributed by atoms with Gasteiger partial charge in [0.1, 0.15) is 18.0 Å². The fourth-order valence-corrected chi connectivity index (χ4v) is 6.14. The maximum Gasteiger partial charge on any atom is 0.247 e. The van der Waals surface area contributed by atoms with E-state index in [4.69, 9.17) is 9.47 Å². The molecule has 0 saturated carbocycles. The van der Waals surface area contributed by atoms with Crippen molar-refractivity contribution in [1.29, 1.82) is 0 Å². The lowest BCUT2D eigenvalue weighted by Gasteiger charge is -2.41. The third-order valence-electron chi connectivity index (χ3n) is 7.95. The van der Waals surface area contributed by atoms with Crippen LogP contribution in [-0.2, 0) is 14.3 Å². The zero-order chi connectivity index (χ0) is 29.5. The van der Waals surface area contributed by atoms with Gasteiger partial charge in [0.05, 0.1) is 22.3 Å². The highest BCUT2D eigenvalue weighted by Gasteiger charge is 2.41. The Morgan fingerprint density at radius 2 is 1.80 bits per heavy atom. The van der Waals surface area contributed by atoms with Gasteiger partial charge in [0.15, 0.2) is 0 Å². The van der Waals surface area contributed by atoms with E-state index in [0.29, 0.717) is 30.9 Å². The van der Waals surface area contributed by atoms with Gasteiger partial charge in [-0.25, -0.2) is 0 Å². The first-order chi connectivity index (χ1) is 19.9. The number of amides is 2. The molecule has 230 valence electrons. The molecular formula is C32H49IN2O6. The van der Waals surface area contributed by atoms with E-state index < -0.39 is 18.2 Å². The lowest BCUT2D eigenvalue weighted by atomic mass is 9.87. The first-order valence-corrected chi connectivity index (χ1v) is 16.6. The van der Waals surface area contributed by atoms with E-state index in [1.807, 2.05) is 24.3 Å². The van der Waals surface area contributed by atoms with Crippen LogP contribution in [0.5, 0.6) is 5.75 Å². The average molecular weight is 685 g/mol. The number of benzene rings is 1. The van der Waals surface area contributed by atoms with Crippen LogP contribution >= 0.6 is 22.6 Å². The molecule has 9 heteroatoms. The van der Waals surface area contributed by atoms with Crippen molar-refractivity contribution >= 4 is 34.4 Å². The van der Waals surface area contributed by atoms with Gasteiger partial charge in [-0.1, -0.05) is 70.4 Å². The molecule has 4 atom stereocenters. The number of halogens is 1. The predicted octanol–water partition coefficient (Wildman–Crippen LogP) is 5.14. The van der Waals surface area contributed by atoms with Crippen LogP contribution < -0.4 is 10.1 Å². The number of para-hydroxylation sites is 1. The monoisotopic (exact) mass is 684 g/mol. The largest absolute Gasteiger partial charge is 0.482 e. The number of unbranched alkanes of at least 4 members (excludes halogenated alkanes) is 8. The van der Waals surface area contributed by atoms with Crippen molar-refractivity contribution < 1.29 is 29.3 Å². The third kappa shape index (κ3) is 11.1. The molecule has 2 aliphatic rings. The molecule has 1 saturated heterocycles. The number of nitrogens with zero attached hydrogens (tertiary/aromatic N) is 1. The van der Waals surface area contributed by atoms with Crippen molar-refractivity contribution in [1.82, 2.24) is 10.2 Å². The second-order valence-electron chi connectivity index (χ2n) is 11.2. The normalized spacial score (nSPS) is 22.3. The summed E-state index contributed by atoms with van der Waals surface area (Å²) in [6, 6.07) is 6.89. The molecule has 1 aromatic rings. The van der Waals surface area contributed by atoms with E-state index in [-0.39, 0.29) is 37.5 Å². The highest BCUT2D eigenvalue weighted by Crippen LogP contribution is 2.31. The van der Waals surface area contributed by atoms with E-state index in [1.165, 1.54) is 38.5 Å². The number of hydrogen-bond acceptors (Lipinski definition) is 6. The minimum Gasteiger partial charge on any atom is -0.482 e. The van der Waals surface area contributed by atoms with Crippen LogP contribution in [0.15, 0.2) is 35.9 Å². The number of hydrogen-bond donors (Lipinski definition) is 3. The van der Waals surface area contributed by atoms with Crippen molar-refractivity contribution in [3.05, 3.63) is 39.5 Å². The molecule has 0 radical (unpaired) electrons. The summed E-state index contributed by atoms with van der Waals surface area (Å²) >= 11 is 2.18. The van der Waals surface area contributed by atoms with Crippen molar-refractivity contribution in [3.8, 4) is 5.75 Å². The lowest BCUT2D eigenvalue weighted by molar-refractivity contribution is -0.141. The van der Waals surface area contributed by atoms with Crippen molar-refractivity contribution in [2.24, 2.45) is 0 Å². The Kier molecular flexibility index (Phi) is 15.5. The van der Waals surface area contributed by atoms with Gasteiger partial charge in [-0.15, -0.1) is 0 Å². The van der Waals surface area contributed by atoms with Crippen LogP contribution in [0.3, 0.4) is 0 Å². The summed E-state index contributed by atoms with van der Waals surface area (Å²) in [5.41, 5.74) is 0.443. The first-order valence-electron chi connectivity index (χ1n) is 15.5. The maximum absolute atomic E-state index is 13.7. The summed E-state index contributed by atoms with van der Waals surface area (Å²) in [5, 5.41) is 23.5. The Hall–Kier alpha value is -1.69. The molecule has 1 heterocycles. The molecule has 1 aromatic carbocycles. The van der Waals surface area contributed by atoms with E-state index in [2.05, 4.69) is 34.8 Å². The number of ether oxygens (including phenoxy) is 2. The van der Waals surface area contributed by atoms with Crippen LogP contribution in [0.25, 0.3) is 0 Å². The van der Waals surface area contributed by atoms with Gasteiger partial charge in [0.25, 0.3) is 0 Å². The lowest BCUT2D eigenvalue weighted by Crippen LogP contribution is -2.56. The molecule has 1 aliphatic carbocycles. The summed E-state index contributed by atoms with van der Waals surface area (Å²) in [5.74, 6) is 0.268. The van der Waals surface area contributed by atoms with Gasteiger partial charge >= 0.3 is 0 Å². The van der Waals surface area contributed by atoms with Gasteiger partial charge in [-0.3, -0.25) is 9.59 Å². The Labute approximate surface area is 259 Å². The summed E-state index contributed by atoms with van der Waals surface area (Å²) in [6.07, 6.45) is 12.7. The number of carbonyl (C=O) groups excluding carboxylic acids is 2. The molecular weight excluding hydrogens is 635 g/mol. The van der Waals surface area contributed by atoms with Gasteiger partial charge in [-0.05, 0) is 60.1 Å². The third-order valence-corrected chi connectivity index (χ3v) is 8.84. The van der Waals surface area contributed by atoms with Gasteiger partial charge in [0, 0.05) is 38.1 Å². The molecule has 8 nitrogen and oxygen atoms in total. The molecule has 4 unspecified atom stereocenters. The maximum atomic E-state index is 13.7. The van der Waals surface area contributed by atoms with E-state index in [0.717, 1.165) is 35.7 Å². The van der Waals surface area contributed by atoms with Crippen molar-refractivity contribution in [2.45, 2.75) is 115 Å². The summed E-state index contributed by atoms with van der Waals surface area (Å²) in [4.78, 5) is 28.5. The second-order valence-corrected chi connectivity index (χ2v) is 12.4. The first kappa shape index (κ1) is 33.8. The molecule has 0 spiro atoms. The number of rotatable bonds is 18. The summed E-state index contributed by atoms with van der Waals surface area (Å²) in [7, 11) is 0. The molecule has 0 aromatic heterocycles. The molecule has 41 heavy (non-hydrogen) atoms. The van der Waals surface area contributed by atoms with Gasteiger partial charge in [-0.2, -0.15) is 0 Å². The smallest absolute Gasteiger partial charge is 0.247 e. The molecule has 1 aliphatic heterocycles. The fourth-order valence-electron chi connectivity index (χ4n) is 5.63. The van der Waals surface area contributed by atoms with Crippen LogP contribution in [0, 0.1) is 3.57 Å². The van der Waals surface area contributed by atoms with E-state index >= 15 is 0 Å². The number of carbonyl (C=O) groups is 2. The highest BCUT2D eigenvalue weighted by atomic mass is 127. The highest BCUT2D eigenvalue weighted by molar-refractivity contribution is 14.1. The van der Waals surface area contributed by atoms with E-state index in [1.54, 1.807) is 11.0 Å². The zero-order valence-corrected chi connectivity index (χ0v) is 26.7. The van der Waals surface area contributed by atoms with Crippen LogP contribution in [0.1, 0.15) is 90.4 Å². The molecule has 0 bridgehead atoms. The zero-order valence-electron chi connectivity index (χ0n) is 24.6. The molecule has 1 fully saturated rings. The topological polar surface area (TPSA) is 108 Å². The number of aliphatic hydroxyl groups excluding tert-OH is 2. The average Bonchev–Trinajstić information content (AvgIpc) is 3.49. The Morgan fingerprint density at radius 3 is 2.46 bits per heavy atom. The molecule has 3 rings (SSSR count). The minimum absolute atomic E-state index is 0.0162. The van der Waals surface area contributed by atoms with Gasteiger partial charge in [0.2, 0.25) is 11.8 Å². The summed E-state index contributed by atoms with van der Waals surface area (Å²) in [6.45, 7) is 3.24. The minimum atomic E-state index is -1.02. The second kappa shape index (κ2) is 18.8. The molecule has 3 N–H and O–H groups in total. The summed E-state index contributed by atoms with van der Waals surface area (Å²) < 4.78 is 13.0. The number of aliphatic hydroxyl groups is 2. The van der Waals surface area contributed by atoms with Crippen molar-refractivity contribution in [2.75, 3.05) is 26.3 Å². The quantitative estimate of drug-likeness (QED) is 0.146. The predicted molar refractivity (Wildman–Crippen MR) is 169 cm³/mol. The van der Waals surface area contributed by atoms with Crippen molar-refractivity contribution in [3.63, 3.8) is 0 Å². The standard InChI is InChI=1S/C32H49IN2O6/c1-2-3-4-5-6-7-8-9-10-17-30(37)35(23-25-14-13-20-40-25)27-21-24(32(39)34-18-19-36)22-29(31(27)38)41-28-16-12-11-15-26(28)33/h11-12,15-16,22,25,27,29,31,36,38H,2-10,13-14,17-21,23H2,1H3,(H,34,39). The molecule has 2 amide bonds.